The highest BCUT2D eigenvalue weighted by molar-refractivity contribution is 14.1. The van der Waals surface area contributed by atoms with Gasteiger partial charge >= 0.3 is 0 Å². The molecule has 21 heavy (non-hydrogen) atoms. The van der Waals surface area contributed by atoms with E-state index in [4.69, 9.17) is 0 Å². The third-order valence-corrected chi connectivity index (χ3v) is 5.32. The van der Waals surface area contributed by atoms with Crippen molar-refractivity contribution < 1.29 is 9.90 Å². The highest BCUT2D eigenvalue weighted by Crippen LogP contribution is 2.36. The molecule has 2 aromatic carbocycles. The Labute approximate surface area is 150 Å². The summed E-state index contributed by atoms with van der Waals surface area (Å²) in [5.74, 6) is 0.276. The molecule has 106 valence electrons. The van der Waals surface area contributed by atoms with Gasteiger partial charge in [-0.25, -0.2) is 0 Å². The zero-order chi connectivity index (χ0) is 15.1. The van der Waals surface area contributed by atoms with Crippen molar-refractivity contribution in [2.75, 3.05) is 0 Å². The highest BCUT2D eigenvalue weighted by Gasteiger charge is 2.25. The summed E-state index contributed by atoms with van der Waals surface area (Å²) in [6.07, 6.45) is 0.837. The number of aromatic hydroxyl groups is 1. The van der Waals surface area contributed by atoms with Crippen molar-refractivity contribution >= 4 is 56.5 Å². The van der Waals surface area contributed by atoms with Gasteiger partial charge in [-0.15, -0.1) is 0 Å². The lowest BCUT2D eigenvalue weighted by molar-refractivity contribution is 0.105. The molecule has 2 nitrogen and oxygen atoms in total. The Hall–Kier alpha value is -0.890. The molecule has 0 amide bonds. The molecule has 2 aromatic rings. The number of Topliss-reactive ketones (excluding diaryl/α,β-unsaturated/α-hetero) is 1. The molecule has 0 fully saturated rings. The summed E-state index contributed by atoms with van der Waals surface area (Å²) < 4.78 is 1.40. The van der Waals surface area contributed by atoms with Gasteiger partial charge < -0.3 is 5.11 Å². The van der Waals surface area contributed by atoms with Gasteiger partial charge in [0.1, 0.15) is 5.75 Å². The first-order chi connectivity index (χ1) is 9.99. The monoisotopic (exact) mass is 502 g/mol. The van der Waals surface area contributed by atoms with Crippen LogP contribution in [0.4, 0.5) is 0 Å². The predicted octanol–water partition coefficient (Wildman–Crippen LogP) is 4.81. The number of rotatable bonds is 2. The van der Waals surface area contributed by atoms with Crippen LogP contribution in [-0.4, -0.2) is 10.9 Å². The molecule has 0 aromatic heterocycles. The van der Waals surface area contributed by atoms with E-state index in [2.05, 4.69) is 51.2 Å². The van der Waals surface area contributed by atoms with Gasteiger partial charge in [0.05, 0.1) is 7.14 Å². The van der Waals surface area contributed by atoms with Crippen molar-refractivity contribution in [2.45, 2.75) is 13.3 Å². The fourth-order valence-corrected chi connectivity index (χ4v) is 4.45. The summed E-state index contributed by atoms with van der Waals surface area (Å²) in [4.78, 5) is 12.9. The molecule has 0 saturated carbocycles. The number of halogens is 2. The normalized spacial score (nSPS) is 13.5. The van der Waals surface area contributed by atoms with Crippen molar-refractivity contribution in [1.29, 1.82) is 0 Å². The molecular formula is C17H12I2O2. The van der Waals surface area contributed by atoms with Crippen LogP contribution in [0.5, 0.6) is 5.75 Å². The van der Waals surface area contributed by atoms with Crippen molar-refractivity contribution in [1.82, 2.24) is 0 Å². The molecule has 0 heterocycles. The van der Waals surface area contributed by atoms with E-state index in [1.54, 1.807) is 12.1 Å². The molecule has 1 aliphatic rings. The second-order valence-corrected chi connectivity index (χ2v) is 7.43. The average Bonchev–Trinajstić information content (AvgIpc) is 2.79. The molecule has 3 rings (SSSR count). The van der Waals surface area contributed by atoms with Crippen molar-refractivity contribution in [2.24, 2.45) is 0 Å². The zero-order valence-corrected chi connectivity index (χ0v) is 15.6. The van der Waals surface area contributed by atoms with Gasteiger partial charge in [0, 0.05) is 11.1 Å². The van der Waals surface area contributed by atoms with E-state index in [-0.39, 0.29) is 11.5 Å². The molecule has 1 aliphatic carbocycles. The smallest absolute Gasteiger partial charge is 0.193 e. The Balaban J connectivity index is 2.10. The predicted molar refractivity (Wildman–Crippen MR) is 101 cm³/mol. The van der Waals surface area contributed by atoms with E-state index >= 15 is 0 Å². The van der Waals surface area contributed by atoms with Crippen LogP contribution in [0.3, 0.4) is 0 Å². The molecule has 0 bridgehead atoms. The van der Waals surface area contributed by atoms with Crippen molar-refractivity contribution in [3.05, 3.63) is 65.8 Å². The summed E-state index contributed by atoms with van der Waals surface area (Å²) in [7, 11) is 0. The number of carbonyl (C=O) groups excluding carboxylic acids is 1. The summed E-state index contributed by atoms with van der Waals surface area (Å²) in [5.41, 5.74) is 4.80. The van der Waals surface area contributed by atoms with Crippen LogP contribution in [-0.2, 0) is 6.42 Å². The molecule has 0 radical (unpaired) electrons. The molecule has 0 aliphatic heterocycles. The molecule has 0 atom stereocenters. The van der Waals surface area contributed by atoms with E-state index in [1.807, 2.05) is 25.1 Å². The lowest BCUT2D eigenvalue weighted by Gasteiger charge is -2.08. The number of phenols is 1. The van der Waals surface area contributed by atoms with E-state index in [0.29, 0.717) is 12.7 Å². The summed E-state index contributed by atoms with van der Waals surface area (Å²) >= 11 is 4.11. The second-order valence-electron chi connectivity index (χ2n) is 5.11. The van der Waals surface area contributed by atoms with Crippen molar-refractivity contribution in [3.8, 4) is 5.75 Å². The van der Waals surface area contributed by atoms with E-state index < -0.39 is 0 Å². The highest BCUT2D eigenvalue weighted by atomic mass is 127. The Morgan fingerprint density at radius 2 is 1.76 bits per heavy atom. The maximum Gasteiger partial charge on any atom is 0.193 e. The molecule has 0 spiro atoms. The van der Waals surface area contributed by atoms with Gasteiger partial charge in [0.25, 0.3) is 0 Å². The first-order valence-corrected chi connectivity index (χ1v) is 8.65. The quantitative estimate of drug-likeness (QED) is 0.473. The maximum atomic E-state index is 12.9. The van der Waals surface area contributed by atoms with Crippen LogP contribution in [0.15, 0.2) is 42.0 Å². The van der Waals surface area contributed by atoms with Crippen LogP contribution in [0.25, 0.3) is 5.57 Å². The van der Waals surface area contributed by atoms with E-state index in [1.165, 1.54) is 5.56 Å². The first kappa shape index (κ1) is 15.0. The fourth-order valence-electron chi connectivity index (χ4n) is 2.68. The maximum absolute atomic E-state index is 12.9. The number of carbonyl (C=O) groups is 1. The molecule has 0 unspecified atom stereocenters. The largest absolute Gasteiger partial charge is 0.506 e. The first-order valence-electron chi connectivity index (χ1n) is 6.49. The van der Waals surface area contributed by atoms with Gasteiger partial charge in [-0.1, -0.05) is 29.8 Å². The van der Waals surface area contributed by atoms with Crippen LogP contribution in [0, 0.1) is 7.14 Å². The molecule has 0 saturated heterocycles. The zero-order valence-electron chi connectivity index (χ0n) is 11.3. The minimum atomic E-state index is 0.0354. The van der Waals surface area contributed by atoms with Gasteiger partial charge in [0.15, 0.2) is 5.78 Å². The Morgan fingerprint density at radius 3 is 2.43 bits per heavy atom. The van der Waals surface area contributed by atoms with E-state index in [0.717, 1.165) is 23.1 Å². The van der Waals surface area contributed by atoms with E-state index in [9.17, 15) is 9.90 Å². The molecule has 1 N–H and O–H groups in total. The number of fused-ring (bicyclic) bond motifs is 1. The Morgan fingerprint density at radius 1 is 1.14 bits per heavy atom. The lowest BCUT2D eigenvalue weighted by atomic mass is 9.96. The number of phenolic OH excluding ortho intramolecular Hbond substituents is 1. The van der Waals surface area contributed by atoms with Crippen molar-refractivity contribution in [3.63, 3.8) is 0 Å². The van der Waals surface area contributed by atoms with Gasteiger partial charge in [0.2, 0.25) is 0 Å². The summed E-state index contributed by atoms with van der Waals surface area (Å²) in [6.45, 7) is 2.02. The van der Waals surface area contributed by atoms with Crippen LogP contribution in [0.1, 0.15) is 28.4 Å². The van der Waals surface area contributed by atoms with Crippen LogP contribution >= 0.6 is 45.2 Å². The average molecular weight is 502 g/mol. The second kappa shape index (κ2) is 5.72. The molecular weight excluding hydrogens is 490 g/mol. The number of benzene rings is 2. The number of hydrogen-bond donors (Lipinski definition) is 1. The van der Waals surface area contributed by atoms with Crippen LogP contribution in [0.2, 0.25) is 0 Å². The molecule has 4 heteroatoms. The fraction of sp³-hybridized carbons (Fsp3) is 0.118. The number of ketones is 1. The summed E-state index contributed by atoms with van der Waals surface area (Å²) in [5, 5.41) is 9.85. The third kappa shape index (κ3) is 2.63. The van der Waals surface area contributed by atoms with Crippen LogP contribution < -0.4 is 0 Å². The SMILES string of the molecule is CC1=C(C(=O)c2cc(I)c(O)c(I)c2)c2ccccc2C1. The number of hydrogen-bond acceptors (Lipinski definition) is 2. The minimum Gasteiger partial charge on any atom is -0.506 e. The van der Waals surface area contributed by atoms with Gasteiger partial charge in [-0.3, -0.25) is 4.79 Å². The Kier molecular flexibility index (Phi) is 4.09. The van der Waals surface area contributed by atoms with Gasteiger partial charge in [-0.05, 0) is 81.8 Å². The number of allylic oxidation sites excluding steroid dienone is 2. The lowest BCUT2D eigenvalue weighted by Crippen LogP contribution is -2.04. The van der Waals surface area contributed by atoms with Gasteiger partial charge in [-0.2, -0.15) is 0 Å². The Bertz CT molecular complexity index is 768. The third-order valence-electron chi connectivity index (χ3n) is 3.68. The topological polar surface area (TPSA) is 37.3 Å². The standard InChI is InChI=1S/C17H12I2O2/c1-9-6-10-4-2-3-5-12(10)15(9)16(20)11-7-13(18)17(21)14(19)8-11/h2-5,7-8,21H,6H2,1H3. The summed E-state index contributed by atoms with van der Waals surface area (Å²) in [6, 6.07) is 11.6. The minimum absolute atomic E-state index is 0.0354.